The molecule has 2 aromatic carbocycles. The molecule has 5 heteroatoms. The molecule has 1 unspecified atom stereocenters. The first-order chi connectivity index (χ1) is 13.7. The molecule has 0 radical (unpaired) electrons. The van der Waals surface area contributed by atoms with Gasteiger partial charge in [0.2, 0.25) is 0 Å². The summed E-state index contributed by atoms with van der Waals surface area (Å²) in [5.41, 5.74) is 4.23. The van der Waals surface area contributed by atoms with Crippen LogP contribution in [-0.2, 0) is 24.1 Å². The van der Waals surface area contributed by atoms with E-state index in [0.29, 0.717) is 24.1 Å². The standard InChI is InChI=1S/C23H23NO4/c25-23(26)17(10-9-15-5-2-1-3-6-15)13-20(24-27)16-11-12-19-18-7-4-8-21(18)28-22(19)14-16/h1-3,5-6,11-12,14,17,27H,4,7-10,13H2,(H,25,26). The lowest BCUT2D eigenvalue weighted by Gasteiger charge is -2.13. The molecule has 0 spiro atoms. The molecule has 0 aliphatic heterocycles. The van der Waals surface area contributed by atoms with Crippen molar-refractivity contribution in [3.63, 3.8) is 0 Å². The summed E-state index contributed by atoms with van der Waals surface area (Å²) < 4.78 is 5.95. The Bertz CT molecular complexity index is 1020. The van der Waals surface area contributed by atoms with Crippen LogP contribution in [0.3, 0.4) is 0 Å². The number of furan rings is 1. The number of nitrogens with zero attached hydrogens (tertiary/aromatic N) is 1. The van der Waals surface area contributed by atoms with Crippen LogP contribution >= 0.6 is 0 Å². The normalized spacial score (nSPS) is 14.9. The molecular formula is C23H23NO4. The minimum Gasteiger partial charge on any atom is -0.481 e. The Morgan fingerprint density at radius 1 is 1.14 bits per heavy atom. The molecular weight excluding hydrogens is 354 g/mol. The number of carboxylic acids is 1. The smallest absolute Gasteiger partial charge is 0.306 e. The van der Waals surface area contributed by atoms with E-state index in [-0.39, 0.29) is 6.42 Å². The quantitative estimate of drug-likeness (QED) is 0.351. The van der Waals surface area contributed by atoms with Crippen molar-refractivity contribution >= 4 is 22.7 Å². The predicted molar refractivity (Wildman–Crippen MR) is 107 cm³/mol. The number of hydrogen-bond donors (Lipinski definition) is 2. The second-order valence-corrected chi connectivity index (χ2v) is 7.38. The summed E-state index contributed by atoms with van der Waals surface area (Å²) in [7, 11) is 0. The minimum atomic E-state index is -0.880. The third-order valence-corrected chi connectivity index (χ3v) is 5.57. The fraction of sp³-hybridized carbons (Fsp3) is 0.304. The molecule has 1 aliphatic rings. The first-order valence-corrected chi connectivity index (χ1v) is 9.68. The minimum absolute atomic E-state index is 0.171. The van der Waals surface area contributed by atoms with Crippen molar-refractivity contribution in [2.75, 3.05) is 0 Å². The number of oxime groups is 1. The molecule has 0 saturated heterocycles. The molecule has 144 valence electrons. The van der Waals surface area contributed by atoms with Gasteiger partial charge in [0.05, 0.1) is 11.6 Å². The second-order valence-electron chi connectivity index (χ2n) is 7.38. The van der Waals surface area contributed by atoms with Crippen molar-refractivity contribution in [2.24, 2.45) is 11.1 Å². The topological polar surface area (TPSA) is 83.0 Å². The van der Waals surface area contributed by atoms with Gasteiger partial charge in [-0.2, -0.15) is 0 Å². The molecule has 5 nitrogen and oxygen atoms in total. The lowest BCUT2D eigenvalue weighted by atomic mass is 9.91. The van der Waals surface area contributed by atoms with E-state index in [0.717, 1.165) is 41.6 Å². The van der Waals surface area contributed by atoms with Crippen molar-refractivity contribution in [2.45, 2.75) is 38.5 Å². The van der Waals surface area contributed by atoms with Gasteiger partial charge in [-0.3, -0.25) is 4.79 Å². The molecule has 28 heavy (non-hydrogen) atoms. The van der Waals surface area contributed by atoms with Gasteiger partial charge in [0, 0.05) is 29.4 Å². The average Bonchev–Trinajstić information content (AvgIpc) is 3.29. The fourth-order valence-corrected chi connectivity index (χ4v) is 4.03. The van der Waals surface area contributed by atoms with Gasteiger partial charge in [-0.1, -0.05) is 47.6 Å². The van der Waals surface area contributed by atoms with E-state index in [4.69, 9.17) is 4.42 Å². The van der Waals surface area contributed by atoms with E-state index >= 15 is 0 Å². The summed E-state index contributed by atoms with van der Waals surface area (Å²) in [6.45, 7) is 0. The van der Waals surface area contributed by atoms with E-state index in [2.05, 4.69) is 5.16 Å². The zero-order valence-corrected chi connectivity index (χ0v) is 15.6. The summed E-state index contributed by atoms with van der Waals surface area (Å²) in [5.74, 6) is -0.459. The molecule has 1 heterocycles. The highest BCUT2D eigenvalue weighted by Gasteiger charge is 2.23. The van der Waals surface area contributed by atoms with Crippen molar-refractivity contribution < 1.29 is 19.5 Å². The monoisotopic (exact) mass is 377 g/mol. The van der Waals surface area contributed by atoms with E-state index in [9.17, 15) is 15.1 Å². The lowest BCUT2D eigenvalue weighted by Crippen LogP contribution is -2.19. The third-order valence-electron chi connectivity index (χ3n) is 5.57. The van der Waals surface area contributed by atoms with Crippen LogP contribution in [0.25, 0.3) is 11.0 Å². The number of aryl methyl sites for hydroxylation is 3. The molecule has 0 bridgehead atoms. The average molecular weight is 377 g/mol. The first-order valence-electron chi connectivity index (χ1n) is 9.68. The largest absolute Gasteiger partial charge is 0.481 e. The number of carboxylic acid groups (broad SMARTS) is 1. The summed E-state index contributed by atoms with van der Waals surface area (Å²) >= 11 is 0. The van der Waals surface area contributed by atoms with Gasteiger partial charge in [-0.25, -0.2) is 0 Å². The van der Waals surface area contributed by atoms with Gasteiger partial charge in [-0.05, 0) is 37.3 Å². The molecule has 1 aliphatic carbocycles. The van der Waals surface area contributed by atoms with Crippen LogP contribution in [0.15, 0.2) is 58.1 Å². The van der Waals surface area contributed by atoms with Gasteiger partial charge < -0.3 is 14.7 Å². The second kappa shape index (κ2) is 7.89. The van der Waals surface area contributed by atoms with Crippen LogP contribution in [0.5, 0.6) is 0 Å². The molecule has 0 saturated carbocycles. The van der Waals surface area contributed by atoms with Gasteiger partial charge in [-0.15, -0.1) is 0 Å². The highest BCUT2D eigenvalue weighted by atomic mass is 16.4. The Morgan fingerprint density at radius 3 is 2.71 bits per heavy atom. The van der Waals surface area contributed by atoms with Crippen molar-refractivity contribution in [1.82, 2.24) is 0 Å². The van der Waals surface area contributed by atoms with Crippen LogP contribution in [0, 0.1) is 5.92 Å². The summed E-state index contributed by atoms with van der Waals surface area (Å²) in [5, 5.41) is 23.7. The Kier molecular flexibility index (Phi) is 5.15. The van der Waals surface area contributed by atoms with E-state index in [1.54, 1.807) is 0 Å². The molecule has 4 rings (SSSR count). The zero-order chi connectivity index (χ0) is 19.5. The maximum atomic E-state index is 11.8. The molecule has 2 N–H and O–H groups in total. The number of hydrogen-bond acceptors (Lipinski definition) is 4. The number of benzene rings is 2. The van der Waals surface area contributed by atoms with Gasteiger partial charge in [0.1, 0.15) is 11.3 Å². The van der Waals surface area contributed by atoms with Gasteiger partial charge in [0.15, 0.2) is 0 Å². The molecule has 3 aromatic rings. The Hall–Kier alpha value is -3.08. The fourth-order valence-electron chi connectivity index (χ4n) is 4.03. The zero-order valence-electron chi connectivity index (χ0n) is 15.6. The Morgan fingerprint density at radius 2 is 1.96 bits per heavy atom. The summed E-state index contributed by atoms with van der Waals surface area (Å²) in [4.78, 5) is 11.8. The van der Waals surface area contributed by atoms with E-state index < -0.39 is 11.9 Å². The summed E-state index contributed by atoms with van der Waals surface area (Å²) in [6, 6.07) is 15.6. The van der Waals surface area contributed by atoms with Crippen LogP contribution in [0.4, 0.5) is 0 Å². The number of aliphatic carboxylic acids is 1. The maximum Gasteiger partial charge on any atom is 0.306 e. The van der Waals surface area contributed by atoms with Crippen molar-refractivity contribution in [3.05, 3.63) is 71.0 Å². The SMILES string of the molecule is O=C(O)C(CCc1ccccc1)CC(=NO)c1ccc2c3c(oc2c1)CCC3. The molecule has 0 fully saturated rings. The Balaban J connectivity index is 1.52. The van der Waals surface area contributed by atoms with Crippen LogP contribution in [0.2, 0.25) is 0 Å². The third kappa shape index (κ3) is 3.65. The highest BCUT2D eigenvalue weighted by molar-refractivity contribution is 6.04. The van der Waals surface area contributed by atoms with Crippen molar-refractivity contribution in [1.29, 1.82) is 0 Å². The van der Waals surface area contributed by atoms with Gasteiger partial charge in [0.25, 0.3) is 0 Å². The Labute approximate surface area is 163 Å². The van der Waals surface area contributed by atoms with Gasteiger partial charge >= 0.3 is 5.97 Å². The predicted octanol–water partition coefficient (Wildman–Crippen LogP) is 4.82. The summed E-state index contributed by atoms with van der Waals surface area (Å²) in [6.07, 6.45) is 4.43. The lowest BCUT2D eigenvalue weighted by molar-refractivity contribution is -0.141. The van der Waals surface area contributed by atoms with E-state index in [1.165, 1.54) is 5.56 Å². The number of rotatable bonds is 7. The number of fused-ring (bicyclic) bond motifs is 3. The molecule has 0 amide bonds. The molecule has 1 atom stereocenters. The number of carbonyl (C=O) groups is 1. The first kappa shape index (κ1) is 18.3. The van der Waals surface area contributed by atoms with Crippen LogP contribution in [-0.4, -0.2) is 22.0 Å². The molecule has 1 aromatic heterocycles. The van der Waals surface area contributed by atoms with Crippen LogP contribution in [0.1, 0.15) is 41.7 Å². The van der Waals surface area contributed by atoms with E-state index in [1.807, 2.05) is 48.5 Å². The van der Waals surface area contributed by atoms with Crippen LogP contribution < -0.4 is 0 Å². The highest BCUT2D eigenvalue weighted by Crippen LogP contribution is 2.33. The maximum absolute atomic E-state index is 11.8. The van der Waals surface area contributed by atoms with Crippen molar-refractivity contribution in [3.8, 4) is 0 Å².